The maximum absolute atomic E-state index is 12.9. The van der Waals surface area contributed by atoms with Gasteiger partial charge in [0.15, 0.2) is 11.0 Å². The van der Waals surface area contributed by atoms with Crippen molar-refractivity contribution in [1.82, 2.24) is 20.1 Å². The number of para-hydroxylation sites is 1. The Labute approximate surface area is 203 Å². The molecule has 9 heteroatoms. The van der Waals surface area contributed by atoms with Crippen molar-refractivity contribution >= 4 is 29.3 Å². The van der Waals surface area contributed by atoms with Gasteiger partial charge in [0.2, 0.25) is 5.91 Å². The van der Waals surface area contributed by atoms with Crippen LogP contribution in [0.25, 0.3) is 0 Å². The predicted molar refractivity (Wildman–Crippen MR) is 134 cm³/mol. The summed E-state index contributed by atoms with van der Waals surface area (Å²) in [6.07, 6.45) is 1.74. The maximum atomic E-state index is 12.9. The Morgan fingerprint density at radius 1 is 1.12 bits per heavy atom. The second kappa shape index (κ2) is 12.0. The average molecular weight is 480 g/mol. The van der Waals surface area contributed by atoms with Gasteiger partial charge in [-0.3, -0.25) is 9.59 Å². The molecule has 1 atom stereocenters. The monoisotopic (exact) mass is 479 g/mol. The van der Waals surface area contributed by atoms with Crippen LogP contribution in [0.5, 0.6) is 5.75 Å². The molecule has 0 aliphatic heterocycles. The van der Waals surface area contributed by atoms with Gasteiger partial charge in [0, 0.05) is 17.8 Å². The van der Waals surface area contributed by atoms with Gasteiger partial charge in [-0.05, 0) is 42.3 Å². The fraction of sp³-hybridized carbons (Fsp3) is 0.280. The number of carbonyl (C=O) groups excluding carboxylic acids is 2. The first-order valence-corrected chi connectivity index (χ1v) is 11.9. The Bertz CT molecular complexity index is 1110. The Balaban J connectivity index is 1.74. The fourth-order valence-electron chi connectivity index (χ4n) is 3.28. The van der Waals surface area contributed by atoms with Gasteiger partial charge in [-0.25, -0.2) is 0 Å². The Kier molecular flexibility index (Phi) is 8.86. The van der Waals surface area contributed by atoms with E-state index in [0.717, 1.165) is 5.69 Å². The molecule has 2 amide bonds. The molecule has 34 heavy (non-hydrogen) atoms. The molecule has 0 saturated carbocycles. The van der Waals surface area contributed by atoms with Crippen molar-refractivity contribution in [2.75, 3.05) is 18.2 Å². The van der Waals surface area contributed by atoms with Gasteiger partial charge in [0.25, 0.3) is 5.91 Å². The van der Waals surface area contributed by atoms with Gasteiger partial charge in [0.05, 0.1) is 18.9 Å². The lowest BCUT2D eigenvalue weighted by atomic mass is 10.0. The van der Waals surface area contributed by atoms with Crippen LogP contribution >= 0.6 is 11.8 Å². The highest BCUT2D eigenvalue weighted by atomic mass is 32.2. The van der Waals surface area contributed by atoms with Crippen molar-refractivity contribution in [1.29, 1.82) is 0 Å². The molecule has 0 fully saturated rings. The molecule has 178 valence electrons. The number of hydrogen-bond donors (Lipinski definition) is 2. The minimum Gasteiger partial charge on any atom is -0.497 e. The van der Waals surface area contributed by atoms with Crippen molar-refractivity contribution in [2.45, 2.75) is 31.6 Å². The van der Waals surface area contributed by atoms with Crippen LogP contribution in [0.15, 0.2) is 72.4 Å². The van der Waals surface area contributed by atoms with Crippen molar-refractivity contribution in [3.8, 4) is 5.75 Å². The minimum absolute atomic E-state index is 0.0502. The van der Waals surface area contributed by atoms with E-state index in [1.54, 1.807) is 37.5 Å². The molecule has 2 aromatic carbocycles. The molecule has 0 unspecified atom stereocenters. The molecular weight excluding hydrogens is 450 g/mol. The number of anilines is 1. The summed E-state index contributed by atoms with van der Waals surface area (Å²) in [5.74, 6) is 1.16. The van der Waals surface area contributed by atoms with E-state index in [1.165, 1.54) is 11.8 Å². The topological polar surface area (TPSA) is 98.1 Å². The van der Waals surface area contributed by atoms with E-state index in [4.69, 9.17) is 4.74 Å². The van der Waals surface area contributed by atoms with Crippen LogP contribution in [0, 0.1) is 5.92 Å². The predicted octanol–water partition coefficient (Wildman–Crippen LogP) is 4.33. The molecular formula is C25H29N5O3S. The molecule has 0 aliphatic carbocycles. The van der Waals surface area contributed by atoms with Crippen LogP contribution in [0.2, 0.25) is 0 Å². The molecule has 0 bridgehead atoms. The lowest BCUT2D eigenvalue weighted by Crippen LogP contribution is -2.33. The van der Waals surface area contributed by atoms with Gasteiger partial charge in [-0.1, -0.05) is 49.9 Å². The third kappa shape index (κ3) is 6.48. The van der Waals surface area contributed by atoms with Gasteiger partial charge in [0.1, 0.15) is 5.75 Å². The summed E-state index contributed by atoms with van der Waals surface area (Å²) in [5.41, 5.74) is 1.26. The maximum Gasteiger partial charge on any atom is 0.251 e. The third-order valence-electron chi connectivity index (χ3n) is 5.03. The van der Waals surface area contributed by atoms with Crippen LogP contribution < -0.4 is 15.4 Å². The van der Waals surface area contributed by atoms with E-state index in [2.05, 4.69) is 27.4 Å². The van der Waals surface area contributed by atoms with E-state index in [9.17, 15) is 9.59 Å². The zero-order chi connectivity index (χ0) is 24.5. The van der Waals surface area contributed by atoms with Crippen molar-refractivity contribution in [3.05, 3.63) is 78.6 Å². The third-order valence-corrected chi connectivity index (χ3v) is 6.00. The standard InChI is InChI=1S/C25H29N5O3S/c1-5-15-30-23(22(17(2)3)27-24(32)18-11-13-20(33-4)14-12-18)28-29-25(30)34-16-21(31)26-19-9-7-6-8-10-19/h5-14,17,22H,1,15-16H2,2-4H3,(H,26,31)(H,27,32)/t22-/m1/s1. The largest absolute Gasteiger partial charge is 0.497 e. The summed E-state index contributed by atoms with van der Waals surface area (Å²) >= 11 is 1.29. The average Bonchev–Trinajstić information content (AvgIpc) is 3.24. The normalized spacial score (nSPS) is 11.6. The van der Waals surface area contributed by atoms with Crippen LogP contribution in [0.4, 0.5) is 5.69 Å². The Morgan fingerprint density at radius 3 is 2.44 bits per heavy atom. The van der Waals surface area contributed by atoms with Crippen molar-refractivity contribution in [2.24, 2.45) is 5.92 Å². The first kappa shape index (κ1) is 25.0. The molecule has 0 spiro atoms. The van der Waals surface area contributed by atoms with E-state index >= 15 is 0 Å². The molecule has 0 radical (unpaired) electrons. The molecule has 1 aromatic heterocycles. The number of aromatic nitrogens is 3. The van der Waals surface area contributed by atoms with E-state index < -0.39 is 0 Å². The smallest absolute Gasteiger partial charge is 0.251 e. The molecule has 0 saturated heterocycles. The number of hydrogen-bond acceptors (Lipinski definition) is 6. The highest BCUT2D eigenvalue weighted by Gasteiger charge is 2.26. The van der Waals surface area contributed by atoms with Gasteiger partial charge in [-0.2, -0.15) is 0 Å². The molecule has 2 N–H and O–H groups in total. The number of rotatable bonds is 11. The second-order valence-corrected chi connectivity index (χ2v) is 8.81. The number of nitrogens with zero attached hydrogens (tertiary/aromatic N) is 3. The molecule has 1 heterocycles. The van der Waals surface area contributed by atoms with E-state index in [0.29, 0.717) is 28.8 Å². The second-order valence-electron chi connectivity index (χ2n) is 7.87. The lowest BCUT2D eigenvalue weighted by Gasteiger charge is -2.22. The summed E-state index contributed by atoms with van der Waals surface area (Å²) in [7, 11) is 1.58. The Hall–Kier alpha value is -3.59. The number of thioether (sulfide) groups is 1. The number of benzene rings is 2. The number of allylic oxidation sites excluding steroid dienone is 1. The SMILES string of the molecule is C=CCn1c(SCC(=O)Nc2ccccc2)nnc1[C@H](NC(=O)c1ccc(OC)cc1)C(C)C. The number of carbonyl (C=O) groups is 2. The van der Waals surface area contributed by atoms with Crippen LogP contribution in [0.3, 0.4) is 0 Å². The quantitative estimate of drug-likeness (QED) is 0.314. The number of methoxy groups -OCH3 is 1. The molecule has 8 nitrogen and oxygen atoms in total. The van der Waals surface area contributed by atoms with Crippen molar-refractivity contribution < 1.29 is 14.3 Å². The molecule has 3 aromatic rings. The number of nitrogens with one attached hydrogen (secondary N) is 2. The van der Waals surface area contributed by atoms with Gasteiger partial charge >= 0.3 is 0 Å². The summed E-state index contributed by atoms with van der Waals surface area (Å²) < 4.78 is 7.04. The number of amides is 2. The highest BCUT2D eigenvalue weighted by Crippen LogP contribution is 2.26. The first-order valence-electron chi connectivity index (χ1n) is 10.9. The molecule has 3 rings (SSSR count). The zero-order valence-electron chi connectivity index (χ0n) is 19.5. The summed E-state index contributed by atoms with van der Waals surface area (Å²) in [4.78, 5) is 25.3. The highest BCUT2D eigenvalue weighted by molar-refractivity contribution is 7.99. The Morgan fingerprint density at radius 2 is 1.82 bits per heavy atom. The lowest BCUT2D eigenvalue weighted by molar-refractivity contribution is -0.113. The van der Waals surface area contributed by atoms with Crippen LogP contribution in [-0.2, 0) is 11.3 Å². The zero-order valence-corrected chi connectivity index (χ0v) is 20.3. The fourth-order valence-corrected chi connectivity index (χ4v) is 4.04. The van der Waals surface area contributed by atoms with E-state index in [1.807, 2.05) is 48.7 Å². The summed E-state index contributed by atoms with van der Waals surface area (Å²) in [5, 5.41) is 15.2. The summed E-state index contributed by atoms with van der Waals surface area (Å²) in [6.45, 7) is 8.30. The first-order chi connectivity index (χ1) is 16.4. The van der Waals surface area contributed by atoms with Crippen molar-refractivity contribution in [3.63, 3.8) is 0 Å². The number of ether oxygens (including phenoxy) is 1. The van der Waals surface area contributed by atoms with Gasteiger partial charge < -0.3 is 19.9 Å². The van der Waals surface area contributed by atoms with E-state index in [-0.39, 0.29) is 29.5 Å². The van der Waals surface area contributed by atoms with Crippen LogP contribution in [0.1, 0.15) is 36.1 Å². The van der Waals surface area contributed by atoms with Crippen LogP contribution in [-0.4, -0.2) is 39.4 Å². The molecule has 0 aliphatic rings. The van der Waals surface area contributed by atoms with Gasteiger partial charge in [-0.15, -0.1) is 16.8 Å². The minimum atomic E-state index is -0.380. The summed E-state index contributed by atoms with van der Waals surface area (Å²) in [6, 6.07) is 15.8.